The Kier molecular flexibility index (Phi) is 5.30. The first-order chi connectivity index (χ1) is 12.4. The maximum atomic E-state index is 12.4. The van der Waals surface area contributed by atoms with Crippen molar-refractivity contribution in [2.75, 3.05) is 5.32 Å². The monoisotopic (exact) mass is 389 g/mol. The molecule has 0 bridgehead atoms. The number of carbonyl (C=O) groups is 2. The molecule has 1 aromatic heterocycles. The van der Waals surface area contributed by atoms with Crippen LogP contribution in [0.5, 0.6) is 0 Å². The predicted octanol–water partition coefficient (Wildman–Crippen LogP) is 5.13. The number of carboxylic acid groups (broad SMARTS) is 1. The number of aliphatic carboxylic acids is 1. The largest absolute Gasteiger partial charge is 0.481 e. The quantitative estimate of drug-likeness (QED) is 0.633. The van der Waals surface area contributed by atoms with Gasteiger partial charge in [0, 0.05) is 21.3 Å². The Labute approximate surface area is 159 Å². The third-order valence-electron chi connectivity index (χ3n) is 3.52. The molecule has 5 nitrogen and oxygen atoms in total. The fraction of sp³-hybridized carbons (Fsp3) is 0.0526. The Balaban J connectivity index is 1.77. The van der Waals surface area contributed by atoms with Crippen molar-refractivity contribution in [3.63, 3.8) is 0 Å². The molecular formula is C19H13Cl2NO4. The van der Waals surface area contributed by atoms with Gasteiger partial charge in [0.1, 0.15) is 5.76 Å². The molecule has 0 saturated carbocycles. The second kappa shape index (κ2) is 7.64. The normalized spacial score (nSPS) is 10.5. The number of carbonyl (C=O) groups excluding carboxylic acids is 1. The van der Waals surface area contributed by atoms with Gasteiger partial charge in [0.25, 0.3) is 5.91 Å². The van der Waals surface area contributed by atoms with Gasteiger partial charge in [0.05, 0.1) is 6.42 Å². The molecule has 3 rings (SSSR count). The fourth-order valence-electron chi connectivity index (χ4n) is 2.44. The van der Waals surface area contributed by atoms with Gasteiger partial charge in [0.15, 0.2) is 5.76 Å². The van der Waals surface area contributed by atoms with Crippen molar-refractivity contribution in [3.05, 3.63) is 76.0 Å². The number of benzene rings is 2. The maximum Gasteiger partial charge on any atom is 0.307 e. The van der Waals surface area contributed by atoms with Gasteiger partial charge in [-0.3, -0.25) is 9.59 Å². The van der Waals surface area contributed by atoms with E-state index in [2.05, 4.69) is 5.32 Å². The minimum absolute atomic E-state index is 0.111. The van der Waals surface area contributed by atoms with Gasteiger partial charge in [-0.1, -0.05) is 35.3 Å². The lowest BCUT2D eigenvalue weighted by molar-refractivity contribution is -0.136. The number of hydrogen-bond donors (Lipinski definition) is 2. The number of anilines is 1. The van der Waals surface area contributed by atoms with E-state index in [-0.39, 0.29) is 12.2 Å². The first kappa shape index (κ1) is 18.0. The minimum Gasteiger partial charge on any atom is -0.481 e. The zero-order valence-electron chi connectivity index (χ0n) is 13.3. The van der Waals surface area contributed by atoms with Crippen molar-refractivity contribution in [2.45, 2.75) is 6.42 Å². The zero-order chi connectivity index (χ0) is 18.7. The van der Waals surface area contributed by atoms with Gasteiger partial charge < -0.3 is 14.8 Å². The molecule has 0 spiro atoms. The Bertz CT molecular complexity index is 961. The molecule has 0 saturated heterocycles. The highest BCUT2D eigenvalue weighted by atomic mass is 35.5. The van der Waals surface area contributed by atoms with Crippen molar-refractivity contribution in [3.8, 4) is 11.3 Å². The lowest BCUT2D eigenvalue weighted by Crippen LogP contribution is -2.11. The molecule has 1 amide bonds. The fourth-order valence-corrected chi connectivity index (χ4v) is 2.96. The van der Waals surface area contributed by atoms with E-state index in [1.54, 1.807) is 54.6 Å². The maximum absolute atomic E-state index is 12.4. The zero-order valence-corrected chi connectivity index (χ0v) is 14.8. The summed E-state index contributed by atoms with van der Waals surface area (Å²) in [4.78, 5) is 23.1. The molecule has 132 valence electrons. The molecule has 3 aromatic rings. The van der Waals surface area contributed by atoms with E-state index in [0.29, 0.717) is 32.6 Å². The number of halogens is 2. The lowest BCUT2D eigenvalue weighted by atomic mass is 10.1. The Morgan fingerprint density at radius 1 is 1.00 bits per heavy atom. The highest BCUT2D eigenvalue weighted by Crippen LogP contribution is 2.28. The topological polar surface area (TPSA) is 79.5 Å². The predicted molar refractivity (Wildman–Crippen MR) is 99.9 cm³/mol. The van der Waals surface area contributed by atoms with Gasteiger partial charge in [-0.05, 0) is 48.0 Å². The van der Waals surface area contributed by atoms with Crippen molar-refractivity contribution >= 4 is 40.8 Å². The molecule has 0 radical (unpaired) electrons. The lowest BCUT2D eigenvalue weighted by Gasteiger charge is -2.05. The first-order valence-corrected chi connectivity index (χ1v) is 8.35. The molecule has 0 unspecified atom stereocenters. The van der Waals surface area contributed by atoms with Crippen molar-refractivity contribution < 1.29 is 19.1 Å². The van der Waals surface area contributed by atoms with Crippen molar-refractivity contribution in [1.29, 1.82) is 0 Å². The van der Waals surface area contributed by atoms with Crippen LogP contribution in [0.2, 0.25) is 10.0 Å². The summed E-state index contributed by atoms with van der Waals surface area (Å²) in [5.41, 5.74) is 1.73. The molecule has 1 heterocycles. The number of rotatable bonds is 5. The van der Waals surface area contributed by atoms with Gasteiger partial charge >= 0.3 is 5.97 Å². The number of hydrogen-bond acceptors (Lipinski definition) is 3. The van der Waals surface area contributed by atoms with E-state index >= 15 is 0 Å². The summed E-state index contributed by atoms with van der Waals surface area (Å²) in [7, 11) is 0. The van der Waals surface area contributed by atoms with Crippen molar-refractivity contribution in [1.82, 2.24) is 0 Å². The van der Waals surface area contributed by atoms with Crippen LogP contribution in [0.4, 0.5) is 5.69 Å². The van der Waals surface area contributed by atoms with E-state index in [4.69, 9.17) is 32.7 Å². The first-order valence-electron chi connectivity index (χ1n) is 7.59. The third kappa shape index (κ3) is 4.45. The van der Waals surface area contributed by atoms with E-state index < -0.39 is 11.9 Å². The second-order valence-corrected chi connectivity index (χ2v) is 6.42. The smallest absolute Gasteiger partial charge is 0.307 e. The van der Waals surface area contributed by atoms with Crippen LogP contribution in [-0.2, 0) is 11.2 Å². The number of nitrogens with one attached hydrogen (secondary N) is 1. The van der Waals surface area contributed by atoms with Gasteiger partial charge in [-0.2, -0.15) is 0 Å². The Morgan fingerprint density at radius 2 is 1.73 bits per heavy atom. The van der Waals surface area contributed by atoms with Crippen LogP contribution in [0, 0.1) is 0 Å². The summed E-state index contributed by atoms with van der Waals surface area (Å²) in [5.74, 6) is -0.819. The molecular weight excluding hydrogens is 377 g/mol. The molecule has 7 heteroatoms. The number of amides is 1. The third-order valence-corrected chi connectivity index (χ3v) is 3.95. The number of furan rings is 1. The van der Waals surface area contributed by atoms with E-state index in [1.807, 2.05) is 0 Å². The highest BCUT2D eigenvalue weighted by Gasteiger charge is 2.14. The molecule has 26 heavy (non-hydrogen) atoms. The summed E-state index contributed by atoms with van der Waals surface area (Å²) in [6, 6.07) is 14.8. The molecule has 2 aromatic carbocycles. The van der Waals surface area contributed by atoms with Crippen LogP contribution in [0.3, 0.4) is 0 Å². The van der Waals surface area contributed by atoms with E-state index in [0.717, 1.165) is 0 Å². The second-order valence-electron chi connectivity index (χ2n) is 5.55. The van der Waals surface area contributed by atoms with Gasteiger partial charge in [-0.25, -0.2) is 0 Å². The van der Waals surface area contributed by atoms with Crippen LogP contribution in [-0.4, -0.2) is 17.0 Å². The standard InChI is InChI=1S/C19H13Cl2NO4/c20-13-8-12(9-14(21)10-13)16-4-5-17(26-16)19(25)22-15-3-1-2-11(6-15)7-18(23)24/h1-6,8-10H,7H2,(H,22,25)(H,23,24). The van der Waals surface area contributed by atoms with E-state index in [9.17, 15) is 9.59 Å². The number of carboxylic acids is 1. The van der Waals surface area contributed by atoms with Crippen molar-refractivity contribution in [2.24, 2.45) is 0 Å². The van der Waals surface area contributed by atoms with Crippen LogP contribution < -0.4 is 5.32 Å². The average Bonchev–Trinajstić information content (AvgIpc) is 3.03. The summed E-state index contributed by atoms with van der Waals surface area (Å²) < 4.78 is 5.59. The summed E-state index contributed by atoms with van der Waals surface area (Å²) in [5, 5.41) is 12.5. The van der Waals surface area contributed by atoms with E-state index in [1.165, 1.54) is 0 Å². The summed E-state index contributed by atoms with van der Waals surface area (Å²) >= 11 is 12.0. The summed E-state index contributed by atoms with van der Waals surface area (Å²) in [6.45, 7) is 0. The minimum atomic E-state index is -0.940. The molecule has 0 aliphatic rings. The molecule has 2 N–H and O–H groups in total. The average molecular weight is 390 g/mol. The Morgan fingerprint density at radius 3 is 2.42 bits per heavy atom. The SMILES string of the molecule is O=C(O)Cc1cccc(NC(=O)c2ccc(-c3cc(Cl)cc(Cl)c3)o2)c1. The molecule has 0 fully saturated rings. The highest BCUT2D eigenvalue weighted by molar-refractivity contribution is 6.35. The van der Waals surface area contributed by atoms with Crippen LogP contribution in [0.1, 0.15) is 16.1 Å². The molecule has 0 aliphatic heterocycles. The summed E-state index contributed by atoms with van der Waals surface area (Å²) in [6.07, 6.45) is -0.121. The van der Waals surface area contributed by atoms with Gasteiger partial charge in [-0.15, -0.1) is 0 Å². The Hall–Kier alpha value is -2.76. The molecule has 0 aliphatic carbocycles. The van der Waals surface area contributed by atoms with Crippen LogP contribution in [0.25, 0.3) is 11.3 Å². The van der Waals surface area contributed by atoms with Gasteiger partial charge in [0.2, 0.25) is 0 Å². The van der Waals surface area contributed by atoms with Crippen LogP contribution in [0.15, 0.2) is 59.0 Å². The molecule has 0 atom stereocenters. The van der Waals surface area contributed by atoms with Crippen LogP contribution >= 0.6 is 23.2 Å².